The molecular weight excluding hydrogens is 526 g/mol. The number of aromatic hydroxyl groups is 1. The second-order valence-corrected chi connectivity index (χ2v) is 10.1. The van der Waals surface area contributed by atoms with E-state index in [1.54, 1.807) is 24.3 Å². The van der Waals surface area contributed by atoms with Gasteiger partial charge in [-0.15, -0.1) is 0 Å². The van der Waals surface area contributed by atoms with Crippen LogP contribution in [-0.4, -0.2) is 33.5 Å². The zero-order valence-corrected chi connectivity index (χ0v) is 21.7. The maximum absolute atomic E-state index is 13.8. The average Bonchev–Trinajstić information content (AvgIpc) is 3.44. The molecule has 5 rings (SSSR count). The van der Waals surface area contributed by atoms with E-state index in [-0.39, 0.29) is 26.7 Å². The van der Waals surface area contributed by atoms with Crippen LogP contribution in [0.1, 0.15) is 43.4 Å². The van der Waals surface area contributed by atoms with Gasteiger partial charge in [0, 0.05) is 11.6 Å². The summed E-state index contributed by atoms with van der Waals surface area (Å²) in [7, 11) is 0. The van der Waals surface area contributed by atoms with Gasteiger partial charge in [0.05, 0.1) is 28.4 Å². The number of amides is 1. The fourth-order valence-corrected chi connectivity index (χ4v) is 5.42. The predicted octanol–water partition coefficient (Wildman–Crippen LogP) is 6.48. The zero-order valence-electron chi connectivity index (χ0n) is 20.9. The third-order valence-electron chi connectivity index (χ3n) is 6.42. The fraction of sp³-hybridized carbons (Fsp3) is 0.207. The summed E-state index contributed by atoms with van der Waals surface area (Å²) in [4.78, 5) is 32.0. The van der Waals surface area contributed by atoms with E-state index in [0.29, 0.717) is 23.5 Å². The van der Waals surface area contributed by atoms with Crippen LogP contribution in [0, 0.1) is 11.6 Å². The lowest BCUT2D eigenvalue weighted by molar-refractivity contribution is -0.132. The number of aliphatic hydroxyl groups is 1. The van der Waals surface area contributed by atoms with Crippen molar-refractivity contribution >= 4 is 44.1 Å². The number of hydrogen-bond donors (Lipinski definition) is 2. The van der Waals surface area contributed by atoms with Gasteiger partial charge in [0.25, 0.3) is 5.78 Å². The molecule has 1 saturated heterocycles. The Labute approximate surface area is 226 Å². The summed E-state index contributed by atoms with van der Waals surface area (Å²) in [6.45, 7) is 2.66. The normalized spacial score (nSPS) is 16.8. The van der Waals surface area contributed by atoms with E-state index >= 15 is 0 Å². The number of unbranched alkanes of at least 4 members (excludes halogenated alkanes) is 2. The minimum Gasteiger partial charge on any atom is -0.508 e. The van der Waals surface area contributed by atoms with E-state index in [0.717, 1.165) is 47.6 Å². The van der Waals surface area contributed by atoms with Crippen LogP contribution in [0.3, 0.4) is 0 Å². The molecule has 2 heterocycles. The zero-order chi connectivity index (χ0) is 27.7. The Morgan fingerprint density at radius 1 is 1.03 bits per heavy atom. The molecule has 1 atom stereocenters. The van der Waals surface area contributed by atoms with Crippen molar-refractivity contribution in [2.45, 2.75) is 32.2 Å². The van der Waals surface area contributed by atoms with Crippen LogP contribution < -0.4 is 9.64 Å². The second kappa shape index (κ2) is 10.8. The minimum absolute atomic E-state index is 0.0313. The smallest absolute Gasteiger partial charge is 0.301 e. The van der Waals surface area contributed by atoms with Crippen LogP contribution in [-0.2, 0) is 9.59 Å². The number of rotatable bonds is 8. The number of carbonyl (C=O) groups excluding carboxylic acids is 2. The quantitative estimate of drug-likeness (QED) is 0.113. The number of ether oxygens (including phenoxy) is 1. The third-order valence-corrected chi connectivity index (χ3v) is 7.44. The summed E-state index contributed by atoms with van der Waals surface area (Å²) in [5.74, 6) is -3.87. The number of phenolic OH excluding ortho intramolecular Hbond substituents is 1. The molecule has 1 aliphatic rings. The van der Waals surface area contributed by atoms with Crippen molar-refractivity contribution in [1.82, 2.24) is 4.98 Å². The van der Waals surface area contributed by atoms with Crippen molar-refractivity contribution in [3.05, 3.63) is 89.0 Å². The summed E-state index contributed by atoms with van der Waals surface area (Å²) in [5, 5.41) is 21.1. The standard InChI is InChI=1S/C29H24F2N2O5S/c1-2-3-4-13-38-19-11-7-17(8-12-19)26(35)24-25(16-5-9-18(34)10-6-16)33(28(37)27(24)36)29-32-22-14-20(30)21(31)15-23(22)39-29/h5-12,14-15,25,34-35H,2-4,13H2,1H3/b26-24+. The highest BCUT2D eigenvalue weighted by Crippen LogP contribution is 2.44. The number of phenols is 1. The number of anilines is 1. The minimum atomic E-state index is -1.11. The van der Waals surface area contributed by atoms with E-state index in [1.165, 1.54) is 24.3 Å². The molecular formula is C29H24F2N2O5S. The molecule has 4 aromatic rings. The van der Waals surface area contributed by atoms with E-state index in [4.69, 9.17) is 4.74 Å². The van der Waals surface area contributed by atoms with Gasteiger partial charge in [-0.2, -0.15) is 0 Å². The van der Waals surface area contributed by atoms with Gasteiger partial charge >= 0.3 is 5.91 Å². The molecule has 0 aliphatic carbocycles. The Balaban J connectivity index is 1.58. The SMILES string of the molecule is CCCCCOc1ccc(/C(O)=C2\C(=O)C(=O)N(c3nc4cc(F)c(F)cc4s3)C2c2ccc(O)cc2)cc1. The number of fused-ring (bicyclic) bond motifs is 1. The lowest BCUT2D eigenvalue weighted by Crippen LogP contribution is -2.29. The Morgan fingerprint density at radius 2 is 1.72 bits per heavy atom. The molecule has 1 unspecified atom stereocenters. The number of aromatic nitrogens is 1. The predicted molar refractivity (Wildman–Crippen MR) is 144 cm³/mol. The molecule has 200 valence electrons. The van der Waals surface area contributed by atoms with Crippen LogP contribution in [0.15, 0.2) is 66.2 Å². The molecule has 2 N–H and O–H groups in total. The molecule has 7 nitrogen and oxygen atoms in total. The van der Waals surface area contributed by atoms with Crippen LogP contribution in [0.2, 0.25) is 0 Å². The number of thiazole rings is 1. The maximum atomic E-state index is 13.8. The summed E-state index contributed by atoms with van der Waals surface area (Å²) in [6, 6.07) is 13.1. The first-order valence-corrected chi connectivity index (χ1v) is 13.2. The highest BCUT2D eigenvalue weighted by Gasteiger charge is 2.48. The fourth-order valence-electron chi connectivity index (χ4n) is 4.42. The lowest BCUT2D eigenvalue weighted by Gasteiger charge is -2.23. The average molecular weight is 551 g/mol. The first-order valence-electron chi connectivity index (χ1n) is 12.4. The highest BCUT2D eigenvalue weighted by molar-refractivity contribution is 7.22. The number of carbonyl (C=O) groups is 2. The van der Waals surface area contributed by atoms with Crippen molar-refractivity contribution in [1.29, 1.82) is 0 Å². The summed E-state index contributed by atoms with van der Waals surface area (Å²) >= 11 is 0.912. The van der Waals surface area contributed by atoms with Crippen molar-refractivity contribution in [2.75, 3.05) is 11.5 Å². The number of nitrogens with zero attached hydrogens (tertiary/aromatic N) is 2. The van der Waals surface area contributed by atoms with Crippen molar-refractivity contribution in [3.8, 4) is 11.5 Å². The van der Waals surface area contributed by atoms with Crippen molar-refractivity contribution in [2.24, 2.45) is 0 Å². The Bertz CT molecular complexity index is 1540. The molecule has 0 radical (unpaired) electrons. The number of benzene rings is 3. The molecule has 10 heteroatoms. The molecule has 1 amide bonds. The van der Waals surface area contributed by atoms with Gasteiger partial charge in [0.2, 0.25) is 0 Å². The van der Waals surface area contributed by atoms with Crippen LogP contribution in [0.25, 0.3) is 16.0 Å². The maximum Gasteiger partial charge on any atom is 0.301 e. The van der Waals surface area contributed by atoms with E-state index in [9.17, 15) is 28.6 Å². The number of aliphatic hydroxyl groups excluding tert-OH is 1. The van der Waals surface area contributed by atoms with Crippen molar-refractivity contribution < 1.29 is 33.3 Å². The Kier molecular flexibility index (Phi) is 7.30. The van der Waals surface area contributed by atoms with Crippen molar-refractivity contribution in [3.63, 3.8) is 0 Å². The van der Waals surface area contributed by atoms with Gasteiger partial charge in [-0.1, -0.05) is 43.2 Å². The molecule has 1 aromatic heterocycles. The monoisotopic (exact) mass is 550 g/mol. The van der Waals surface area contributed by atoms with Crippen LogP contribution >= 0.6 is 11.3 Å². The topological polar surface area (TPSA) is 100.0 Å². The van der Waals surface area contributed by atoms with Gasteiger partial charge in [0.1, 0.15) is 17.3 Å². The third kappa shape index (κ3) is 5.07. The summed E-state index contributed by atoms with van der Waals surface area (Å²) < 4.78 is 33.7. The number of halogens is 2. The van der Waals surface area contributed by atoms with Gasteiger partial charge in [0.15, 0.2) is 16.8 Å². The van der Waals surface area contributed by atoms with E-state index < -0.39 is 35.1 Å². The van der Waals surface area contributed by atoms with Crippen LogP contribution in [0.5, 0.6) is 11.5 Å². The van der Waals surface area contributed by atoms with E-state index in [2.05, 4.69) is 11.9 Å². The molecule has 1 aliphatic heterocycles. The highest BCUT2D eigenvalue weighted by atomic mass is 32.1. The number of hydrogen-bond acceptors (Lipinski definition) is 7. The molecule has 0 bridgehead atoms. The molecule has 3 aromatic carbocycles. The summed E-state index contributed by atoms with van der Waals surface area (Å²) in [6.07, 6.45) is 3.04. The van der Waals surface area contributed by atoms with Gasteiger partial charge in [-0.05, 0) is 54.4 Å². The van der Waals surface area contributed by atoms with Gasteiger partial charge < -0.3 is 14.9 Å². The lowest BCUT2D eigenvalue weighted by atomic mass is 9.95. The summed E-state index contributed by atoms with van der Waals surface area (Å²) in [5.41, 5.74) is 0.654. The largest absolute Gasteiger partial charge is 0.508 e. The molecule has 0 spiro atoms. The van der Waals surface area contributed by atoms with Gasteiger partial charge in [-0.25, -0.2) is 13.8 Å². The Hall–Kier alpha value is -4.31. The Morgan fingerprint density at radius 3 is 2.41 bits per heavy atom. The van der Waals surface area contributed by atoms with E-state index in [1.807, 2.05) is 0 Å². The molecule has 39 heavy (non-hydrogen) atoms. The molecule has 0 saturated carbocycles. The second-order valence-electron chi connectivity index (χ2n) is 9.07. The first kappa shape index (κ1) is 26.3. The first-order chi connectivity index (χ1) is 18.8. The number of Topliss-reactive ketones (excluding diaryl/α,β-unsaturated/α-hetero) is 1. The van der Waals surface area contributed by atoms with Gasteiger partial charge in [-0.3, -0.25) is 14.5 Å². The van der Waals surface area contributed by atoms with Crippen LogP contribution in [0.4, 0.5) is 13.9 Å². The molecule has 1 fully saturated rings. The number of ketones is 1.